The molecule has 6 nitrogen and oxygen atoms in total. The SMILES string of the molecule is Cc1cc([N+](=O)[O-])ccc1-c1n[nH]c(=S)n1C(C)C. The molecule has 2 rings (SSSR count). The standard InChI is InChI=1S/C12H14N4O2S/c1-7(2)15-11(13-14-12(15)19)10-5-4-9(16(17)18)6-8(10)3/h4-7H,1-3H3,(H,14,19). The van der Waals surface area contributed by atoms with Gasteiger partial charge in [-0.25, -0.2) is 0 Å². The number of aromatic amines is 1. The van der Waals surface area contributed by atoms with Gasteiger partial charge in [0.1, 0.15) is 0 Å². The largest absolute Gasteiger partial charge is 0.298 e. The van der Waals surface area contributed by atoms with Gasteiger partial charge in [-0.3, -0.25) is 19.8 Å². The molecule has 0 unspecified atom stereocenters. The van der Waals surface area contributed by atoms with Crippen molar-refractivity contribution in [1.29, 1.82) is 0 Å². The summed E-state index contributed by atoms with van der Waals surface area (Å²) in [6.45, 7) is 5.84. The van der Waals surface area contributed by atoms with E-state index in [4.69, 9.17) is 12.2 Å². The smallest absolute Gasteiger partial charge is 0.269 e. The van der Waals surface area contributed by atoms with E-state index < -0.39 is 4.92 Å². The topological polar surface area (TPSA) is 76.8 Å². The molecule has 0 saturated carbocycles. The minimum Gasteiger partial charge on any atom is -0.298 e. The summed E-state index contributed by atoms with van der Waals surface area (Å²) in [5, 5.41) is 17.7. The minimum absolute atomic E-state index is 0.0754. The number of hydrogen-bond donors (Lipinski definition) is 1. The molecule has 0 bridgehead atoms. The van der Waals surface area contributed by atoms with Crippen LogP contribution in [0.3, 0.4) is 0 Å². The van der Waals surface area contributed by atoms with Gasteiger partial charge in [-0.15, -0.1) is 0 Å². The molecule has 0 fully saturated rings. The Morgan fingerprint density at radius 1 is 1.47 bits per heavy atom. The first-order valence-electron chi connectivity index (χ1n) is 5.84. The Kier molecular flexibility index (Phi) is 3.48. The molecule has 0 saturated heterocycles. The van der Waals surface area contributed by atoms with Crippen LogP contribution in [-0.4, -0.2) is 19.7 Å². The molecule has 1 aromatic carbocycles. The highest BCUT2D eigenvalue weighted by atomic mass is 32.1. The zero-order valence-electron chi connectivity index (χ0n) is 10.9. The number of rotatable bonds is 3. The second-order valence-electron chi connectivity index (χ2n) is 4.57. The molecule has 0 atom stereocenters. The normalized spacial score (nSPS) is 10.9. The highest BCUT2D eigenvalue weighted by Crippen LogP contribution is 2.27. The first-order chi connectivity index (χ1) is 8.91. The van der Waals surface area contributed by atoms with Crippen molar-refractivity contribution in [3.63, 3.8) is 0 Å². The predicted octanol–water partition coefficient (Wildman–Crippen LogP) is 3.41. The van der Waals surface area contributed by atoms with Gasteiger partial charge in [-0.05, 0) is 44.6 Å². The molecule has 0 aliphatic rings. The number of aromatic nitrogens is 3. The van der Waals surface area contributed by atoms with Gasteiger partial charge in [0.05, 0.1) is 4.92 Å². The zero-order chi connectivity index (χ0) is 14.2. The molecule has 0 spiro atoms. The van der Waals surface area contributed by atoms with Gasteiger partial charge in [-0.1, -0.05) is 0 Å². The van der Waals surface area contributed by atoms with Gasteiger partial charge < -0.3 is 0 Å². The van der Waals surface area contributed by atoms with Crippen LogP contribution in [0.1, 0.15) is 25.5 Å². The third kappa shape index (κ3) is 2.41. The van der Waals surface area contributed by atoms with E-state index >= 15 is 0 Å². The van der Waals surface area contributed by atoms with E-state index in [-0.39, 0.29) is 11.7 Å². The van der Waals surface area contributed by atoms with E-state index in [1.165, 1.54) is 12.1 Å². The maximum Gasteiger partial charge on any atom is 0.269 e. The van der Waals surface area contributed by atoms with Crippen LogP contribution < -0.4 is 0 Å². The zero-order valence-corrected chi connectivity index (χ0v) is 11.7. The maximum atomic E-state index is 10.7. The van der Waals surface area contributed by atoms with Crippen molar-refractivity contribution in [3.05, 3.63) is 38.6 Å². The van der Waals surface area contributed by atoms with Crippen LogP contribution in [0.2, 0.25) is 0 Å². The van der Waals surface area contributed by atoms with Crippen molar-refractivity contribution < 1.29 is 4.92 Å². The number of nitrogens with zero attached hydrogens (tertiary/aromatic N) is 3. The lowest BCUT2D eigenvalue weighted by Gasteiger charge is -2.11. The van der Waals surface area contributed by atoms with Gasteiger partial charge in [0.15, 0.2) is 10.6 Å². The molecule has 0 radical (unpaired) electrons. The number of nitro benzene ring substituents is 1. The predicted molar refractivity (Wildman–Crippen MR) is 74.6 cm³/mol. The van der Waals surface area contributed by atoms with E-state index in [0.29, 0.717) is 10.6 Å². The average Bonchev–Trinajstić information content (AvgIpc) is 2.70. The second-order valence-corrected chi connectivity index (χ2v) is 4.96. The monoisotopic (exact) mass is 278 g/mol. The quantitative estimate of drug-likeness (QED) is 0.530. The summed E-state index contributed by atoms with van der Waals surface area (Å²) in [4.78, 5) is 10.3. The van der Waals surface area contributed by atoms with Crippen LogP contribution in [0, 0.1) is 21.8 Å². The Morgan fingerprint density at radius 2 is 2.16 bits per heavy atom. The molecule has 0 aliphatic heterocycles. The van der Waals surface area contributed by atoms with Crippen LogP contribution in [0.25, 0.3) is 11.4 Å². The van der Waals surface area contributed by atoms with E-state index in [1.807, 2.05) is 25.3 Å². The molecular weight excluding hydrogens is 264 g/mol. The summed E-state index contributed by atoms with van der Waals surface area (Å²) >= 11 is 5.20. The van der Waals surface area contributed by atoms with Gasteiger partial charge in [-0.2, -0.15) is 5.10 Å². The molecule has 0 aliphatic carbocycles. The summed E-state index contributed by atoms with van der Waals surface area (Å²) in [6, 6.07) is 4.88. The van der Waals surface area contributed by atoms with E-state index in [1.54, 1.807) is 6.07 Å². The fourth-order valence-corrected chi connectivity index (χ4v) is 2.33. The van der Waals surface area contributed by atoms with Gasteiger partial charge >= 0.3 is 0 Å². The van der Waals surface area contributed by atoms with Gasteiger partial charge in [0.25, 0.3) is 5.69 Å². The van der Waals surface area contributed by atoms with Crippen molar-refractivity contribution in [2.45, 2.75) is 26.8 Å². The van der Waals surface area contributed by atoms with E-state index in [9.17, 15) is 10.1 Å². The molecule has 0 amide bonds. The number of hydrogen-bond acceptors (Lipinski definition) is 4. The van der Waals surface area contributed by atoms with Crippen molar-refractivity contribution >= 4 is 17.9 Å². The number of H-pyrrole nitrogens is 1. The minimum atomic E-state index is -0.406. The van der Waals surface area contributed by atoms with Crippen LogP contribution in [0.15, 0.2) is 18.2 Å². The molecule has 19 heavy (non-hydrogen) atoms. The Hall–Kier alpha value is -2.02. The molecule has 7 heteroatoms. The van der Waals surface area contributed by atoms with Crippen LogP contribution in [0.4, 0.5) is 5.69 Å². The number of benzene rings is 1. The third-order valence-electron chi connectivity index (χ3n) is 2.88. The summed E-state index contributed by atoms with van der Waals surface area (Å²) < 4.78 is 2.44. The molecule has 1 heterocycles. The van der Waals surface area contributed by atoms with Crippen molar-refractivity contribution in [2.75, 3.05) is 0 Å². The molecule has 1 N–H and O–H groups in total. The number of non-ortho nitro benzene ring substituents is 1. The van der Waals surface area contributed by atoms with Crippen LogP contribution in [-0.2, 0) is 0 Å². The Balaban J connectivity index is 2.60. The fraction of sp³-hybridized carbons (Fsp3) is 0.333. The number of nitro groups is 1. The van der Waals surface area contributed by atoms with Crippen molar-refractivity contribution in [2.24, 2.45) is 0 Å². The average molecular weight is 278 g/mol. The maximum absolute atomic E-state index is 10.7. The van der Waals surface area contributed by atoms with Crippen LogP contribution >= 0.6 is 12.2 Å². The van der Waals surface area contributed by atoms with E-state index in [0.717, 1.165) is 11.1 Å². The summed E-state index contributed by atoms with van der Waals surface area (Å²) in [7, 11) is 0. The van der Waals surface area contributed by atoms with E-state index in [2.05, 4.69) is 10.2 Å². The Bertz CT molecular complexity index is 687. The first kappa shape index (κ1) is 13.4. The van der Waals surface area contributed by atoms with Crippen LogP contribution in [0.5, 0.6) is 0 Å². The molecule has 1 aromatic heterocycles. The molecular formula is C12H14N4O2S. The lowest BCUT2D eigenvalue weighted by Crippen LogP contribution is -2.04. The Morgan fingerprint density at radius 3 is 2.68 bits per heavy atom. The second kappa shape index (κ2) is 4.93. The number of nitrogens with one attached hydrogen (secondary N) is 1. The highest BCUT2D eigenvalue weighted by Gasteiger charge is 2.15. The first-order valence-corrected chi connectivity index (χ1v) is 6.25. The lowest BCUT2D eigenvalue weighted by molar-refractivity contribution is -0.384. The summed E-state index contributed by atoms with van der Waals surface area (Å²) in [5.74, 6) is 0.701. The fourth-order valence-electron chi connectivity index (χ4n) is 1.99. The van der Waals surface area contributed by atoms with Gasteiger partial charge in [0, 0.05) is 23.7 Å². The van der Waals surface area contributed by atoms with Crippen molar-refractivity contribution in [3.8, 4) is 11.4 Å². The van der Waals surface area contributed by atoms with Crippen molar-refractivity contribution in [1.82, 2.24) is 14.8 Å². The highest BCUT2D eigenvalue weighted by molar-refractivity contribution is 7.71. The summed E-state index contributed by atoms with van der Waals surface area (Å²) in [6.07, 6.45) is 0. The van der Waals surface area contributed by atoms with Gasteiger partial charge in [0.2, 0.25) is 0 Å². The molecule has 100 valence electrons. The lowest BCUT2D eigenvalue weighted by atomic mass is 10.1. The third-order valence-corrected chi connectivity index (χ3v) is 3.17. The summed E-state index contributed by atoms with van der Waals surface area (Å²) in [5.41, 5.74) is 1.71. The molecule has 2 aromatic rings. The Labute approximate surface area is 115 Å². The number of aryl methyl sites for hydroxylation is 1.